The van der Waals surface area contributed by atoms with Crippen molar-refractivity contribution in [2.24, 2.45) is 5.73 Å². The molecular weight excluding hydrogens is 319 g/mol. The van der Waals surface area contributed by atoms with Gasteiger partial charge in [-0.25, -0.2) is 8.78 Å². The Hall–Kier alpha value is -1.20. The Morgan fingerprint density at radius 1 is 1.05 bits per heavy atom. The summed E-state index contributed by atoms with van der Waals surface area (Å²) in [6.45, 7) is 0. The fourth-order valence-electron chi connectivity index (χ4n) is 2.02. The van der Waals surface area contributed by atoms with Crippen LogP contribution in [0.4, 0.5) is 8.78 Å². The minimum Gasteiger partial charge on any atom is -0.391 e. The average Bonchev–Trinajstić information content (AvgIpc) is 2.44. The van der Waals surface area contributed by atoms with Gasteiger partial charge in [0, 0.05) is 12.0 Å². The average molecular weight is 334 g/mol. The van der Waals surface area contributed by atoms with Crippen LogP contribution in [0.3, 0.4) is 0 Å². The van der Waals surface area contributed by atoms with Crippen LogP contribution in [-0.2, 0) is 6.42 Å². The lowest BCUT2D eigenvalue weighted by molar-refractivity contribution is 0.143. The van der Waals surface area contributed by atoms with E-state index in [4.69, 9.17) is 17.3 Å². The van der Waals surface area contributed by atoms with Gasteiger partial charge in [0.1, 0.15) is 11.6 Å². The standard InChI is InChI=1S/C15H14ClF2NO.ClH/c16-14-11(18)7-6-10(17)13(14)15(19)12(20)8-9-4-2-1-3-5-9;/h1-7,12,15,20H,8,19H2;1H/t12-,15-;/m1./s1. The highest BCUT2D eigenvalue weighted by Crippen LogP contribution is 2.29. The molecule has 21 heavy (non-hydrogen) atoms. The van der Waals surface area contributed by atoms with Crippen molar-refractivity contribution >= 4 is 24.0 Å². The van der Waals surface area contributed by atoms with Crippen molar-refractivity contribution in [3.05, 3.63) is 70.2 Å². The lowest BCUT2D eigenvalue weighted by Crippen LogP contribution is -2.29. The largest absolute Gasteiger partial charge is 0.391 e. The SMILES string of the molecule is Cl.N[C@@H](c1c(F)ccc(F)c1Cl)[C@H](O)Cc1ccccc1. The van der Waals surface area contributed by atoms with Crippen molar-refractivity contribution in [2.45, 2.75) is 18.6 Å². The van der Waals surface area contributed by atoms with E-state index in [-0.39, 0.29) is 29.4 Å². The molecule has 6 heteroatoms. The molecule has 2 atom stereocenters. The molecule has 0 spiro atoms. The molecule has 2 aromatic carbocycles. The third kappa shape index (κ3) is 4.14. The van der Waals surface area contributed by atoms with Gasteiger partial charge in [0.2, 0.25) is 0 Å². The van der Waals surface area contributed by atoms with Crippen LogP contribution in [0.5, 0.6) is 0 Å². The predicted molar refractivity (Wildman–Crippen MR) is 81.7 cm³/mol. The molecule has 114 valence electrons. The Labute approximate surface area is 133 Å². The van der Waals surface area contributed by atoms with Crippen LogP contribution in [-0.4, -0.2) is 11.2 Å². The van der Waals surface area contributed by atoms with Crippen LogP contribution in [0.2, 0.25) is 5.02 Å². The minimum atomic E-state index is -1.10. The molecule has 2 rings (SSSR count). The third-order valence-corrected chi connectivity index (χ3v) is 3.50. The van der Waals surface area contributed by atoms with E-state index in [1.54, 1.807) is 0 Å². The molecule has 0 heterocycles. The summed E-state index contributed by atoms with van der Waals surface area (Å²) in [6, 6.07) is 9.91. The first kappa shape index (κ1) is 17.9. The Bertz CT molecular complexity index is 596. The van der Waals surface area contributed by atoms with E-state index in [0.29, 0.717) is 0 Å². The number of aliphatic hydroxyl groups is 1. The monoisotopic (exact) mass is 333 g/mol. The molecule has 0 unspecified atom stereocenters. The predicted octanol–water partition coefficient (Wildman–Crippen LogP) is 3.64. The van der Waals surface area contributed by atoms with Crippen molar-refractivity contribution in [2.75, 3.05) is 0 Å². The fraction of sp³-hybridized carbons (Fsp3) is 0.200. The zero-order valence-corrected chi connectivity index (χ0v) is 12.5. The van der Waals surface area contributed by atoms with Gasteiger partial charge in [-0.05, 0) is 17.7 Å². The molecule has 0 aliphatic rings. The Kier molecular flexibility index (Phi) is 6.55. The van der Waals surface area contributed by atoms with Gasteiger partial charge < -0.3 is 10.8 Å². The van der Waals surface area contributed by atoms with Crippen molar-refractivity contribution in [1.82, 2.24) is 0 Å². The fourth-order valence-corrected chi connectivity index (χ4v) is 2.30. The maximum Gasteiger partial charge on any atom is 0.142 e. The maximum absolute atomic E-state index is 13.7. The molecule has 0 amide bonds. The third-order valence-electron chi connectivity index (χ3n) is 3.11. The second-order valence-electron chi connectivity index (χ2n) is 4.54. The molecule has 2 nitrogen and oxygen atoms in total. The minimum absolute atomic E-state index is 0. The molecule has 0 aromatic heterocycles. The van der Waals surface area contributed by atoms with Gasteiger partial charge in [0.15, 0.2) is 0 Å². The van der Waals surface area contributed by atoms with Gasteiger partial charge >= 0.3 is 0 Å². The van der Waals surface area contributed by atoms with Crippen LogP contribution < -0.4 is 5.73 Å². The molecule has 0 saturated heterocycles. The summed E-state index contributed by atoms with van der Waals surface area (Å²) in [4.78, 5) is 0. The maximum atomic E-state index is 13.7. The van der Waals surface area contributed by atoms with Crippen LogP contribution in [0, 0.1) is 11.6 Å². The normalized spacial score (nSPS) is 13.4. The number of rotatable bonds is 4. The summed E-state index contributed by atoms with van der Waals surface area (Å²) in [5.41, 5.74) is 6.47. The molecule has 0 radical (unpaired) electrons. The number of nitrogens with two attached hydrogens (primary N) is 1. The lowest BCUT2D eigenvalue weighted by atomic mass is 9.96. The first-order valence-electron chi connectivity index (χ1n) is 6.11. The van der Waals surface area contributed by atoms with E-state index in [1.165, 1.54) is 0 Å². The highest BCUT2D eigenvalue weighted by atomic mass is 35.5. The van der Waals surface area contributed by atoms with Crippen LogP contribution in [0.1, 0.15) is 17.2 Å². The van der Waals surface area contributed by atoms with Crippen LogP contribution >= 0.6 is 24.0 Å². The lowest BCUT2D eigenvalue weighted by Gasteiger charge is -2.21. The highest BCUT2D eigenvalue weighted by Gasteiger charge is 2.24. The molecule has 0 aliphatic heterocycles. The number of benzene rings is 2. The van der Waals surface area contributed by atoms with E-state index in [2.05, 4.69) is 0 Å². The van der Waals surface area contributed by atoms with E-state index < -0.39 is 23.8 Å². The zero-order valence-electron chi connectivity index (χ0n) is 11.0. The second-order valence-corrected chi connectivity index (χ2v) is 4.92. The second kappa shape index (κ2) is 7.71. The Morgan fingerprint density at radius 3 is 2.24 bits per heavy atom. The number of hydrogen-bond donors (Lipinski definition) is 2. The first-order valence-corrected chi connectivity index (χ1v) is 6.49. The first-order chi connectivity index (χ1) is 9.50. The summed E-state index contributed by atoms with van der Waals surface area (Å²) in [7, 11) is 0. The van der Waals surface area contributed by atoms with Gasteiger partial charge in [-0.3, -0.25) is 0 Å². The number of aliphatic hydroxyl groups excluding tert-OH is 1. The molecular formula is C15H15Cl2F2NO. The van der Waals surface area contributed by atoms with Gasteiger partial charge in [0.05, 0.1) is 17.2 Å². The van der Waals surface area contributed by atoms with E-state index in [1.807, 2.05) is 30.3 Å². The van der Waals surface area contributed by atoms with Gasteiger partial charge in [-0.2, -0.15) is 0 Å². The highest BCUT2D eigenvalue weighted by molar-refractivity contribution is 6.31. The van der Waals surface area contributed by atoms with Crippen LogP contribution in [0.15, 0.2) is 42.5 Å². The van der Waals surface area contributed by atoms with Gasteiger partial charge in [-0.15, -0.1) is 12.4 Å². The van der Waals surface area contributed by atoms with E-state index in [9.17, 15) is 13.9 Å². The summed E-state index contributed by atoms with van der Waals surface area (Å²) in [5, 5.41) is 9.71. The van der Waals surface area contributed by atoms with E-state index >= 15 is 0 Å². The molecule has 0 aliphatic carbocycles. The van der Waals surface area contributed by atoms with Gasteiger partial charge in [0.25, 0.3) is 0 Å². The summed E-state index contributed by atoms with van der Waals surface area (Å²) in [5.74, 6) is -1.48. The van der Waals surface area contributed by atoms with Crippen LogP contribution in [0.25, 0.3) is 0 Å². The quantitative estimate of drug-likeness (QED) is 0.839. The molecule has 0 saturated carbocycles. The van der Waals surface area contributed by atoms with Gasteiger partial charge in [-0.1, -0.05) is 41.9 Å². The van der Waals surface area contributed by atoms with Crippen molar-refractivity contribution in [3.8, 4) is 0 Å². The topological polar surface area (TPSA) is 46.2 Å². The zero-order chi connectivity index (χ0) is 14.7. The van der Waals surface area contributed by atoms with Crippen molar-refractivity contribution in [3.63, 3.8) is 0 Å². The van der Waals surface area contributed by atoms with Crippen molar-refractivity contribution < 1.29 is 13.9 Å². The van der Waals surface area contributed by atoms with E-state index in [0.717, 1.165) is 17.7 Å². The molecule has 0 fully saturated rings. The molecule has 2 aromatic rings. The summed E-state index contributed by atoms with van der Waals surface area (Å²) in [6.07, 6.45) is -0.833. The summed E-state index contributed by atoms with van der Waals surface area (Å²) < 4.78 is 27.1. The molecule has 0 bridgehead atoms. The smallest absolute Gasteiger partial charge is 0.142 e. The molecule has 3 N–H and O–H groups in total. The summed E-state index contributed by atoms with van der Waals surface area (Å²) >= 11 is 5.73. The number of halogens is 4. The Morgan fingerprint density at radius 2 is 1.62 bits per heavy atom. The van der Waals surface area contributed by atoms with Crippen molar-refractivity contribution in [1.29, 1.82) is 0 Å². The Balaban J connectivity index is 0.00000220. The number of hydrogen-bond acceptors (Lipinski definition) is 2.